The van der Waals surface area contributed by atoms with Crippen LogP contribution in [-0.4, -0.2) is 10.1 Å². The van der Waals surface area contributed by atoms with Crippen LogP contribution in [0, 0.1) is 5.82 Å². The Morgan fingerprint density at radius 2 is 2.05 bits per heavy atom. The highest BCUT2D eigenvalue weighted by Gasteiger charge is 2.09. The van der Waals surface area contributed by atoms with E-state index >= 15 is 0 Å². The first-order chi connectivity index (χ1) is 9.17. The normalized spacial score (nSPS) is 11.1. The second-order valence-electron chi connectivity index (χ2n) is 4.19. The van der Waals surface area contributed by atoms with E-state index in [1.807, 2.05) is 18.2 Å². The molecule has 0 saturated carbocycles. The number of aromatic hydroxyl groups is 1. The third-order valence-electron chi connectivity index (χ3n) is 2.88. The molecule has 3 rings (SSSR count). The van der Waals surface area contributed by atoms with Gasteiger partial charge in [-0.1, -0.05) is 6.07 Å². The zero-order valence-electron chi connectivity index (χ0n) is 9.93. The van der Waals surface area contributed by atoms with Crippen molar-refractivity contribution in [2.75, 3.05) is 0 Å². The lowest BCUT2D eigenvalue weighted by Gasteiger charge is -1.97. The van der Waals surface area contributed by atoms with Crippen LogP contribution in [0.3, 0.4) is 0 Å². The van der Waals surface area contributed by atoms with E-state index in [4.69, 9.17) is 5.73 Å². The van der Waals surface area contributed by atoms with Gasteiger partial charge in [0, 0.05) is 12.1 Å². The summed E-state index contributed by atoms with van der Waals surface area (Å²) in [5.74, 6) is -0.991. The van der Waals surface area contributed by atoms with Crippen LogP contribution in [0.5, 0.6) is 5.75 Å². The van der Waals surface area contributed by atoms with Crippen LogP contribution in [-0.2, 0) is 6.54 Å². The van der Waals surface area contributed by atoms with Gasteiger partial charge in [-0.05, 0) is 35.9 Å². The smallest absolute Gasteiger partial charge is 0.165 e. The van der Waals surface area contributed by atoms with Crippen molar-refractivity contribution in [3.63, 3.8) is 0 Å². The predicted molar refractivity (Wildman–Crippen MR) is 74.6 cm³/mol. The number of fused-ring (bicyclic) bond motifs is 1. The average Bonchev–Trinajstić information content (AvgIpc) is 2.84. The molecule has 3 N–H and O–H groups in total. The maximum Gasteiger partial charge on any atom is 0.165 e. The van der Waals surface area contributed by atoms with E-state index in [2.05, 4.69) is 4.98 Å². The molecule has 0 aliphatic rings. The van der Waals surface area contributed by atoms with Gasteiger partial charge in [0.2, 0.25) is 0 Å². The van der Waals surface area contributed by atoms with Gasteiger partial charge in [-0.2, -0.15) is 0 Å². The number of nitrogens with two attached hydrogens (primary N) is 1. The predicted octanol–water partition coefficient (Wildman–Crippen LogP) is 3.27. The largest absolute Gasteiger partial charge is 0.505 e. The van der Waals surface area contributed by atoms with E-state index < -0.39 is 5.82 Å². The Hall–Kier alpha value is -1.98. The second kappa shape index (κ2) is 4.60. The number of nitrogens with zero attached hydrogens (tertiary/aromatic N) is 1. The first-order valence-electron chi connectivity index (χ1n) is 5.76. The molecule has 0 aliphatic carbocycles. The number of phenolic OH excluding ortho intramolecular Hbond substituents is 1. The number of phenols is 1. The Kier molecular flexibility index (Phi) is 2.93. The highest BCUT2D eigenvalue weighted by atomic mass is 32.1. The fraction of sp³-hybridized carbons (Fsp3) is 0.0714. The minimum atomic E-state index is -0.639. The molecule has 0 unspecified atom stereocenters. The standard InChI is InChI=1S/C14H11FN2OS/c15-10-6-9(2-4-12(10)18)14-17-11-3-1-8(7-16)5-13(11)19-14/h1-6,18H,7,16H2. The quantitative estimate of drug-likeness (QED) is 0.754. The summed E-state index contributed by atoms with van der Waals surface area (Å²) < 4.78 is 14.4. The molecule has 0 spiro atoms. The Bertz CT molecular complexity index is 754. The average molecular weight is 274 g/mol. The molecular formula is C14H11FN2OS. The SMILES string of the molecule is NCc1ccc2nc(-c3ccc(O)c(F)c3)sc2c1. The van der Waals surface area contributed by atoms with Crippen LogP contribution in [0.25, 0.3) is 20.8 Å². The van der Waals surface area contributed by atoms with Crippen LogP contribution < -0.4 is 5.73 Å². The van der Waals surface area contributed by atoms with E-state index in [0.29, 0.717) is 12.1 Å². The highest BCUT2D eigenvalue weighted by molar-refractivity contribution is 7.21. The van der Waals surface area contributed by atoms with Crippen LogP contribution in [0.4, 0.5) is 4.39 Å². The third kappa shape index (κ3) is 2.18. The maximum atomic E-state index is 13.3. The van der Waals surface area contributed by atoms with Gasteiger partial charge in [0.25, 0.3) is 0 Å². The first kappa shape index (κ1) is 12.1. The summed E-state index contributed by atoms with van der Waals surface area (Å²) in [6, 6.07) is 10.1. The van der Waals surface area contributed by atoms with Crippen LogP contribution >= 0.6 is 11.3 Å². The third-order valence-corrected chi connectivity index (χ3v) is 3.95. The van der Waals surface area contributed by atoms with E-state index in [9.17, 15) is 9.50 Å². The summed E-state index contributed by atoms with van der Waals surface area (Å²) in [6.45, 7) is 0.483. The molecule has 3 nitrogen and oxygen atoms in total. The van der Waals surface area contributed by atoms with E-state index in [1.165, 1.54) is 23.5 Å². The molecular weight excluding hydrogens is 263 g/mol. The lowest BCUT2D eigenvalue weighted by Crippen LogP contribution is -1.94. The lowest BCUT2D eigenvalue weighted by molar-refractivity contribution is 0.432. The number of hydrogen-bond acceptors (Lipinski definition) is 4. The lowest BCUT2D eigenvalue weighted by atomic mass is 10.2. The second-order valence-corrected chi connectivity index (χ2v) is 5.22. The molecule has 19 heavy (non-hydrogen) atoms. The molecule has 0 saturated heterocycles. The van der Waals surface area contributed by atoms with Gasteiger partial charge in [-0.3, -0.25) is 0 Å². The summed E-state index contributed by atoms with van der Waals surface area (Å²) >= 11 is 1.48. The van der Waals surface area contributed by atoms with E-state index in [1.54, 1.807) is 6.07 Å². The molecule has 2 aromatic carbocycles. The molecule has 3 aromatic rings. The summed E-state index contributed by atoms with van der Waals surface area (Å²) in [5.41, 5.74) is 8.17. The van der Waals surface area contributed by atoms with Crippen molar-refractivity contribution in [1.29, 1.82) is 0 Å². The zero-order chi connectivity index (χ0) is 13.4. The van der Waals surface area contributed by atoms with Crippen LogP contribution in [0.15, 0.2) is 36.4 Å². The summed E-state index contributed by atoms with van der Waals surface area (Å²) in [5, 5.41) is 9.92. The van der Waals surface area contributed by atoms with Crippen molar-refractivity contribution in [2.24, 2.45) is 5.73 Å². The van der Waals surface area contributed by atoms with Gasteiger partial charge in [0.15, 0.2) is 11.6 Å². The number of benzene rings is 2. The zero-order valence-corrected chi connectivity index (χ0v) is 10.7. The van der Waals surface area contributed by atoms with Crippen LogP contribution in [0.2, 0.25) is 0 Å². The number of hydrogen-bond donors (Lipinski definition) is 2. The molecule has 1 heterocycles. The van der Waals surface area contributed by atoms with Gasteiger partial charge in [0.1, 0.15) is 5.01 Å². The van der Waals surface area contributed by atoms with Crippen molar-refractivity contribution in [3.05, 3.63) is 47.8 Å². The fourth-order valence-electron chi connectivity index (χ4n) is 1.86. The van der Waals surface area contributed by atoms with Crippen molar-refractivity contribution in [2.45, 2.75) is 6.54 Å². The number of thiazole rings is 1. The molecule has 0 aliphatic heterocycles. The van der Waals surface area contributed by atoms with Crippen molar-refractivity contribution >= 4 is 21.6 Å². The number of rotatable bonds is 2. The molecule has 0 amide bonds. The Morgan fingerprint density at radius 3 is 2.79 bits per heavy atom. The van der Waals surface area contributed by atoms with Crippen molar-refractivity contribution in [1.82, 2.24) is 4.98 Å². The van der Waals surface area contributed by atoms with Gasteiger partial charge < -0.3 is 10.8 Å². The van der Waals surface area contributed by atoms with E-state index in [-0.39, 0.29) is 5.75 Å². The van der Waals surface area contributed by atoms with Gasteiger partial charge in [0.05, 0.1) is 10.2 Å². The summed E-state index contributed by atoms with van der Waals surface area (Å²) in [4.78, 5) is 4.46. The Morgan fingerprint density at radius 1 is 1.21 bits per heavy atom. The number of halogens is 1. The monoisotopic (exact) mass is 274 g/mol. The van der Waals surface area contributed by atoms with E-state index in [0.717, 1.165) is 20.8 Å². The molecule has 0 bridgehead atoms. The van der Waals surface area contributed by atoms with Crippen LogP contribution in [0.1, 0.15) is 5.56 Å². The van der Waals surface area contributed by atoms with Crippen molar-refractivity contribution in [3.8, 4) is 16.3 Å². The molecule has 0 fully saturated rings. The summed E-state index contributed by atoms with van der Waals surface area (Å²) in [6.07, 6.45) is 0. The molecule has 0 atom stereocenters. The molecule has 0 radical (unpaired) electrons. The molecule has 1 aromatic heterocycles. The van der Waals surface area contributed by atoms with Gasteiger partial charge in [-0.15, -0.1) is 11.3 Å². The summed E-state index contributed by atoms with van der Waals surface area (Å²) in [7, 11) is 0. The Balaban J connectivity index is 2.11. The van der Waals surface area contributed by atoms with Gasteiger partial charge in [-0.25, -0.2) is 9.37 Å². The maximum absolute atomic E-state index is 13.3. The fourth-order valence-corrected chi connectivity index (χ4v) is 2.89. The Labute approximate surface area is 113 Å². The molecule has 5 heteroatoms. The minimum absolute atomic E-state index is 0.352. The highest BCUT2D eigenvalue weighted by Crippen LogP contribution is 2.32. The van der Waals surface area contributed by atoms with Gasteiger partial charge >= 0.3 is 0 Å². The first-order valence-corrected chi connectivity index (χ1v) is 6.57. The molecule has 96 valence electrons. The topological polar surface area (TPSA) is 59.1 Å². The minimum Gasteiger partial charge on any atom is -0.505 e. The number of aromatic nitrogens is 1. The van der Waals surface area contributed by atoms with Crippen molar-refractivity contribution < 1.29 is 9.50 Å².